The van der Waals surface area contributed by atoms with Gasteiger partial charge < -0.3 is 4.90 Å². The van der Waals surface area contributed by atoms with Crippen molar-refractivity contribution in [2.45, 2.75) is 13.8 Å². The van der Waals surface area contributed by atoms with Crippen LogP contribution in [0.25, 0.3) is 33.2 Å². The number of anilines is 3. The van der Waals surface area contributed by atoms with Crippen molar-refractivity contribution >= 4 is 50.3 Å². The first-order valence-corrected chi connectivity index (χ1v) is 14.9. The minimum Gasteiger partial charge on any atom is -0.311 e. The van der Waals surface area contributed by atoms with E-state index in [0.29, 0.717) is 0 Å². The van der Waals surface area contributed by atoms with Gasteiger partial charge in [-0.25, -0.2) is 0 Å². The van der Waals surface area contributed by atoms with Crippen molar-refractivity contribution in [1.29, 1.82) is 0 Å². The summed E-state index contributed by atoms with van der Waals surface area (Å²) < 4.78 is 0. The molecule has 0 unspecified atom stereocenters. The molecule has 1 heteroatoms. The maximum Gasteiger partial charge on any atom is 0.0462 e. The molecule has 0 fully saturated rings. The molecule has 0 heterocycles. The number of aryl methyl sites for hydroxylation is 2. The molecule has 0 bridgehead atoms. The van der Waals surface area contributed by atoms with Crippen LogP contribution in [0.1, 0.15) is 27.8 Å². The lowest BCUT2D eigenvalue weighted by atomic mass is 9.89. The average molecular weight is 552 g/mol. The van der Waals surface area contributed by atoms with Crippen LogP contribution >= 0.6 is 0 Å². The summed E-state index contributed by atoms with van der Waals surface area (Å²) in [6, 6.07) is 57.0. The number of rotatable bonds is 6. The minimum absolute atomic E-state index is 1.13. The van der Waals surface area contributed by atoms with Crippen molar-refractivity contribution in [3.63, 3.8) is 0 Å². The van der Waals surface area contributed by atoms with E-state index >= 15 is 0 Å². The molecule has 0 aliphatic heterocycles. The van der Waals surface area contributed by atoms with Crippen LogP contribution < -0.4 is 4.90 Å². The molecule has 0 N–H and O–H groups in total. The van der Waals surface area contributed by atoms with E-state index in [1.165, 1.54) is 49.4 Å². The van der Waals surface area contributed by atoms with Crippen molar-refractivity contribution in [3.8, 4) is 0 Å². The van der Waals surface area contributed by atoms with Gasteiger partial charge in [0.1, 0.15) is 0 Å². The monoisotopic (exact) mass is 551 g/mol. The molecule has 206 valence electrons. The summed E-state index contributed by atoms with van der Waals surface area (Å²) in [5, 5.41) is 5.00. The second-order valence-electron chi connectivity index (χ2n) is 11.2. The van der Waals surface area contributed by atoms with Crippen LogP contribution in [0.15, 0.2) is 158 Å². The summed E-state index contributed by atoms with van der Waals surface area (Å²) in [4.78, 5) is 2.32. The Kier molecular flexibility index (Phi) is 7.07. The van der Waals surface area contributed by atoms with E-state index in [9.17, 15) is 0 Å². The van der Waals surface area contributed by atoms with Crippen LogP contribution in [0.3, 0.4) is 0 Å². The lowest BCUT2D eigenvalue weighted by molar-refractivity contribution is 1.27. The van der Waals surface area contributed by atoms with E-state index < -0.39 is 0 Å². The quantitative estimate of drug-likeness (QED) is 0.186. The van der Waals surface area contributed by atoms with Gasteiger partial charge in [-0.3, -0.25) is 0 Å². The lowest BCUT2D eigenvalue weighted by Crippen LogP contribution is -2.09. The molecule has 0 radical (unpaired) electrons. The molecule has 7 aromatic carbocycles. The number of fused-ring (bicyclic) bond motifs is 2. The number of hydrogen-bond donors (Lipinski definition) is 0. The predicted molar refractivity (Wildman–Crippen MR) is 185 cm³/mol. The maximum atomic E-state index is 2.34. The number of nitrogens with zero attached hydrogens (tertiary/aromatic N) is 1. The average Bonchev–Trinajstić information content (AvgIpc) is 3.06. The van der Waals surface area contributed by atoms with Gasteiger partial charge in [0, 0.05) is 17.1 Å². The van der Waals surface area contributed by atoms with Crippen molar-refractivity contribution < 1.29 is 0 Å². The number of hydrogen-bond acceptors (Lipinski definition) is 1. The summed E-state index contributed by atoms with van der Waals surface area (Å²) in [6.07, 6.45) is 2.34. The first kappa shape index (κ1) is 26.5. The Bertz CT molecular complexity index is 1930. The van der Waals surface area contributed by atoms with Gasteiger partial charge in [-0.1, -0.05) is 132 Å². The molecular formula is C42H33N. The van der Waals surface area contributed by atoms with Crippen LogP contribution in [0, 0.1) is 13.8 Å². The van der Waals surface area contributed by atoms with Crippen molar-refractivity contribution in [2.24, 2.45) is 0 Å². The van der Waals surface area contributed by atoms with E-state index in [4.69, 9.17) is 0 Å². The van der Waals surface area contributed by atoms with Gasteiger partial charge in [0.2, 0.25) is 0 Å². The van der Waals surface area contributed by atoms with Gasteiger partial charge in [-0.15, -0.1) is 0 Å². The summed E-state index contributed by atoms with van der Waals surface area (Å²) in [5.41, 5.74) is 10.8. The highest BCUT2D eigenvalue weighted by Gasteiger charge is 2.14. The summed E-state index contributed by atoms with van der Waals surface area (Å²) in [5.74, 6) is 0. The zero-order valence-corrected chi connectivity index (χ0v) is 24.5. The van der Waals surface area contributed by atoms with Gasteiger partial charge in [-0.2, -0.15) is 0 Å². The fraction of sp³-hybridized carbons (Fsp3) is 0.0476. The third-order valence-corrected chi connectivity index (χ3v) is 8.21. The maximum absolute atomic E-state index is 2.34. The van der Waals surface area contributed by atoms with E-state index in [1.807, 2.05) is 0 Å². The van der Waals surface area contributed by atoms with Crippen LogP contribution in [-0.2, 0) is 0 Å². The van der Waals surface area contributed by atoms with E-state index in [0.717, 1.165) is 22.6 Å². The van der Waals surface area contributed by atoms with Crippen LogP contribution in [-0.4, -0.2) is 0 Å². The third-order valence-electron chi connectivity index (χ3n) is 8.21. The Labute approximate surface area is 254 Å². The first-order chi connectivity index (χ1) is 21.1. The zero-order valence-electron chi connectivity index (χ0n) is 24.5. The molecule has 0 aromatic heterocycles. The van der Waals surface area contributed by atoms with E-state index in [-0.39, 0.29) is 0 Å². The highest BCUT2D eigenvalue weighted by molar-refractivity contribution is 6.08. The fourth-order valence-electron chi connectivity index (χ4n) is 5.94. The van der Waals surface area contributed by atoms with Gasteiger partial charge >= 0.3 is 0 Å². The lowest BCUT2D eigenvalue weighted by Gasteiger charge is -2.26. The molecule has 0 atom stereocenters. The molecule has 7 rings (SSSR count). The standard InChI is InChI=1S/C42H33N/c1-30-17-23-35(24-18-30)43(36-25-19-31(2)20-26-36)37-27-21-32(22-28-37)29-42(40-15-7-11-33-9-3-5-13-38(33)40)41-16-8-12-34-10-4-6-14-39(34)41/h3-29H,1-2H3. The smallest absolute Gasteiger partial charge is 0.0462 e. The van der Waals surface area contributed by atoms with Gasteiger partial charge in [0.05, 0.1) is 0 Å². The Morgan fingerprint density at radius 3 is 1.28 bits per heavy atom. The molecule has 0 aliphatic rings. The van der Waals surface area contributed by atoms with E-state index in [1.54, 1.807) is 0 Å². The van der Waals surface area contributed by atoms with E-state index in [2.05, 4.69) is 183 Å². The van der Waals surface area contributed by atoms with Gasteiger partial charge in [0.15, 0.2) is 0 Å². The van der Waals surface area contributed by atoms with Gasteiger partial charge in [-0.05, 0) is 100 Å². The molecule has 0 saturated heterocycles. The topological polar surface area (TPSA) is 3.24 Å². The summed E-state index contributed by atoms with van der Waals surface area (Å²) >= 11 is 0. The minimum atomic E-state index is 1.13. The zero-order chi connectivity index (χ0) is 29.2. The highest BCUT2D eigenvalue weighted by atomic mass is 15.1. The second-order valence-corrected chi connectivity index (χ2v) is 11.2. The normalized spacial score (nSPS) is 11.0. The molecular weight excluding hydrogens is 518 g/mol. The molecule has 0 saturated carbocycles. The highest BCUT2D eigenvalue weighted by Crippen LogP contribution is 2.38. The largest absolute Gasteiger partial charge is 0.311 e. The first-order valence-electron chi connectivity index (χ1n) is 14.9. The second kappa shape index (κ2) is 11.5. The molecule has 7 aromatic rings. The SMILES string of the molecule is Cc1ccc(N(c2ccc(C)cc2)c2ccc(C=C(c3cccc4ccccc34)c3cccc4ccccc34)cc2)cc1. The summed E-state index contributed by atoms with van der Waals surface area (Å²) in [6.45, 7) is 4.26. The van der Waals surface area contributed by atoms with Crippen molar-refractivity contribution in [3.05, 3.63) is 186 Å². The van der Waals surface area contributed by atoms with Crippen molar-refractivity contribution in [2.75, 3.05) is 4.90 Å². The molecule has 0 spiro atoms. The Morgan fingerprint density at radius 1 is 0.419 bits per heavy atom. The van der Waals surface area contributed by atoms with Crippen LogP contribution in [0.2, 0.25) is 0 Å². The number of benzene rings is 7. The summed E-state index contributed by atoms with van der Waals surface area (Å²) in [7, 11) is 0. The van der Waals surface area contributed by atoms with Crippen LogP contribution in [0.5, 0.6) is 0 Å². The molecule has 43 heavy (non-hydrogen) atoms. The predicted octanol–water partition coefficient (Wildman–Crippen LogP) is 11.7. The fourth-order valence-corrected chi connectivity index (χ4v) is 5.94. The molecule has 0 aliphatic carbocycles. The van der Waals surface area contributed by atoms with Gasteiger partial charge in [0.25, 0.3) is 0 Å². The Hall–Kier alpha value is -5.40. The third kappa shape index (κ3) is 5.34. The van der Waals surface area contributed by atoms with Crippen LogP contribution in [0.4, 0.5) is 17.1 Å². The Balaban J connectivity index is 1.37. The van der Waals surface area contributed by atoms with Crippen molar-refractivity contribution in [1.82, 2.24) is 0 Å². The molecule has 1 nitrogen and oxygen atoms in total. The molecule has 0 amide bonds. The Morgan fingerprint density at radius 2 is 0.814 bits per heavy atom.